The smallest absolute Gasteiger partial charge is 0.301 e. The Hall–Kier alpha value is -1.59. The van der Waals surface area contributed by atoms with Gasteiger partial charge in [0, 0.05) is 11.6 Å². The van der Waals surface area contributed by atoms with Crippen LogP contribution in [0.2, 0.25) is 5.02 Å². The Labute approximate surface area is 128 Å². The Bertz CT molecular complexity index is 640. The molecule has 1 aromatic carbocycles. The average molecular weight is 307 g/mol. The van der Waals surface area contributed by atoms with Crippen molar-refractivity contribution in [2.75, 3.05) is 19.6 Å². The van der Waals surface area contributed by atoms with Crippen molar-refractivity contribution in [3.63, 3.8) is 0 Å². The second-order valence-electron chi connectivity index (χ2n) is 5.39. The molecule has 5 nitrogen and oxygen atoms in total. The largest absolute Gasteiger partial charge is 0.350 e. The number of nitrogens with zero attached hydrogens (tertiary/aromatic N) is 4. The first-order chi connectivity index (χ1) is 10.2. The molecular formula is C15H19ClN4O. The molecule has 0 radical (unpaired) electrons. The Kier molecular flexibility index (Phi) is 4.41. The molecule has 1 saturated heterocycles. The van der Waals surface area contributed by atoms with E-state index in [1.54, 1.807) is 23.0 Å². The fourth-order valence-electron chi connectivity index (χ4n) is 2.69. The lowest BCUT2D eigenvalue weighted by Crippen LogP contribution is -2.35. The minimum Gasteiger partial charge on any atom is -0.301 e. The average Bonchev–Trinajstić information content (AvgIpc) is 2.88. The highest BCUT2D eigenvalue weighted by molar-refractivity contribution is 6.30. The molecule has 1 aromatic heterocycles. The van der Waals surface area contributed by atoms with Crippen LogP contribution in [0, 0.1) is 0 Å². The molecule has 112 valence electrons. The van der Waals surface area contributed by atoms with Gasteiger partial charge in [0.1, 0.15) is 6.33 Å². The standard InChI is InChI=1S/C15H19ClN4O/c16-13-4-6-14(7-5-13)19-12-17-20(15(19)21)11-10-18-8-2-1-3-9-18/h4-7,12H,1-3,8-11H2. The minimum absolute atomic E-state index is 0.102. The predicted octanol–water partition coefficient (Wildman–Crippen LogP) is 2.17. The fourth-order valence-corrected chi connectivity index (χ4v) is 2.81. The number of hydrogen-bond donors (Lipinski definition) is 0. The first-order valence-electron chi connectivity index (χ1n) is 7.37. The van der Waals surface area contributed by atoms with Gasteiger partial charge in [-0.15, -0.1) is 0 Å². The van der Waals surface area contributed by atoms with Gasteiger partial charge in [-0.3, -0.25) is 0 Å². The highest BCUT2D eigenvalue weighted by Crippen LogP contribution is 2.11. The fraction of sp³-hybridized carbons (Fsp3) is 0.467. The maximum atomic E-state index is 12.3. The van der Waals surface area contributed by atoms with Crippen LogP contribution in [-0.2, 0) is 6.54 Å². The van der Waals surface area contributed by atoms with E-state index >= 15 is 0 Å². The third-order valence-corrected chi connectivity index (χ3v) is 4.17. The Balaban J connectivity index is 1.70. The molecule has 6 heteroatoms. The SMILES string of the molecule is O=c1n(-c2ccc(Cl)cc2)cnn1CCN1CCCCC1. The van der Waals surface area contributed by atoms with E-state index in [2.05, 4.69) is 10.00 Å². The molecule has 0 spiro atoms. The summed E-state index contributed by atoms with van der Waals surface area (Å²) in [4.78, 5) is 14.7. The quantitative estimate of drug-likeness (QED) is 0.869. The van der Waals surface area contributed by atoms with Crippen molar-refractivity contribution in [1.82, 2.24) is 19.2 Å². The van der Waals surface area contributed by atoms with Gasteiger partial charge in [0.25, 0.3) is 0 Å². The van der Waals surface area contributed by atoms with Crippen LogP contribution in [0.1, 0.15) is 19.3 Å². The van der Waals surface area contributed by atoms with E-state index in [0.29, 0.717) is 11.6 Å². The molecule has 2 aromatic rings. The molecule has 1 fully saturated rings. The molecule has 0 atom stereocenters. The molecule has 0 unspecified atom stereocenters. The number of rotatable bonds is 4. The van der Waals surface area contributed by atoms with Crippen molar-refractivity contribution in [3.8, 4) is 5.69 Å². The highest BCUT2D eigenvalue weighted by atomic mass is 35.5. The molecule has 3 rings (SSSR count). The zero-order chi connectivity index (χ0) is 14.7. The minimum atomic E-state index is -0.102. The molecule has 1 aliphatic rings. The van der Waals surface area contributed by atoms with Crippen LogP contribution in [0.4, 0.5) is 0 Å². The summed E-state index contributed by atoms with van der Waals surface area (Å²) in [6.07, 6.45) is 5.41. The first-order valence-corrected chi connectivity index (χ1v) is 7.74. The van der Waals surface area contributed by atoms with Gasteiger partial charge in [-0.1, -0.05) is 18.0 Å². The van der Waals surface area contributed by atoms with Gasteiger partial charge in [-0.25, -0.2) is 14.0 Å². The number of benzene rings is 1. The van der Waals surface area contributed by atoms with Crippen LogP contribution in [0.5, 0.6) is 0 Å². The third kappa shape index (κ3) is 3.36. The topological polar surface area (TPSA) is 43.1 Å². The summed E-state index contributed by atoms with van der Waals surface area (Å²) in [7, 11) is 0. The van der Waals surface area contributed by atoms with Gasteiger partial charge in [-0.05, 0) is 50.2 Å². The molecule has 1 aliphatic heterocycles. The maximum absolute atomic E-state index is 12.3. The summed E-state index contributed by atoms with van der Waals surface area (Å²) < 4.78 is 3.08. The predicted molar refractivity (Wildman–Crippen MR) is 83.1 cm³/mol. The number of aromatic nitrogens is 3. The summed E-state index contributed by atoms with van der Waals surface area (Å²) in [6, 6.07) is 7.18. The van der Waals surface area contributed by atoms with Crippen LogP contribution in [0.25, 0.3) is 5.69 Å². The van der Waals surface area contributed by atoms with E-state index < -0.39 is 0 Å². The highest BCUT2D eigenvalue weighted by Gasteiger charge is 2.12. The Morgan fingerprint density at radius 1 is 1.05 bits per heavy atom. The number of likely N-dealkylation sites (tertiary alicyclic amines) is 1. The van der Waals surface area contributed by atoms with Gasteiger partial charge < -0.3 is 4.90 Å². The number of hydrogen-bond acceptors (Lipinski definition) is 3. The summed E-state index contributed by atoms with van der Waals surface area (Å²) in [5.74, 6) is 0. The molecule has 0 bridgehead atoms. The van der Waals surface area contributed by atoms with Gasteiger partial charge in [0.2, 0.25) is 0 Å². The lowest BCUT2D eigenvalue weighted by Gasteiger charge is -2.25. The molecule has 0 saturated carbocycles. The molecular weight excluding hydrogens is 288 g/mol. The van der Waals surface area contributed by atoms with Crippen molar-refractivity contribution in [2.24, 2.45) is 0 Å². The molecule has 2 heterocycles. The van der Waals surface area contributed by atoms with Crippen molar-refractivity contribution in [3.05, 3.63) is 46.1 Å². The summed E-state index contributed by atoms with van der Waals surface area (Å²) in [5.41, 5.74) is 0.683. The molecule has 0 aliphatic carbocycles. The van der Waals surface area contributed by atoms with Crippen molar-refractivity contribution in [1.29, 1.82) is 0 Å². The summed E-state index contributed by atoms with van der Waals surface area (Å²) in [5, 5.41) is 4.86. The number of piperidine rings is 1. The monoisotopic (exact) mass is 306 g/mol. The zero-order valence-electron chi connectivity index (χ0n) is 11.9. The van der Waals surface area contributed by atoms with E-state index in [0.717, 1.165) is 25.3 Å². The molecule has 0 amide bonds. The third-order valence-electron chi connectivity index (χ3n) is 3.91. The van der Waals surface area contributed by atoms with Crippen LogP contribution >= 0.6 is 11.6 Å². The van der Waals surface area contributed by atoms with E-state index in [1.165, 1.54) is 23.9 Å². The van der Waals surface area contributed by atoms with Crippen LogP contribution in [0.15, 0.2) is 35.4 Å². The van der Waals surface area contributed by atoms with Gasteiger partial charge in [0.15, 0.2) is 0 Å². The van der Waals surface area contributed by atoms with E-state index in [9.17, 15) is 4.79 Å². The van der Waals surface area contributed by atoms with Crippen LogP contribution in [0.3, 0.4) is 0 Å². The Morgan fingerprint density at radius 2 is 1.76 bits per heavy atom. The normalized spacial score (nSPS) is 16.2. The number of halogens is 1. The van der Waals surface area contributed by atoms with Gasteiger partial charge in [0.05, 0.1) is 12.2 Å². The van der Waals surface area contributed by atoms with Crippen molar-refractivity contribution >= 4 is 11.6 Å². The van der Waals surface area contributed by atoms with Crippen LogP contribution < -0.4 is 5.69 Å². The van der Waals surface area contributed by atoms with Gasteiger partial charge >= 0.3 is 5.69 Å². The molecule has 0 N–H and O–H groups in total. The Morgan fingerprint density at radius 3 is 2.48 bits per heavy atom. The van der Waals surface area contributed by atoms with Crippen molar-refractivity contribution in [2.45, 2.75) is 25.8 Å². The van der Waals surface area contributed by atoms with E-state index in [-0.39, 0.29) is 5.69 Å². The van der Waals surface area contributed by atoms with Gasteiger partial charge in [-0.2, -0.15) is 5.10 Å². The lowest BCUT2D eigenvalue weighted by atomic mass is 10.1. The second kappa shape index (κ2) is 6.45. The maximum Gasteiger partial charge on any atom is 0.350 e. The summed E-state index contributed by atoms with van der Waals surface area (Å²) >= 11 is 5.87. The van der Waals surface area contributed by atoms with E-state index in [1.807, 2.05) is 12.1 Å². The van der Waals surface area contributed by atoms with Crippen molar-refractivity contribution < 1.29 is 0 Å². The van der Waals surface area contributed by atoms with Crippen LogP contribution in [-0.4, -0.2) is 38.9 Å². The lowest BCUT2D eigenvalue weighted by molar-refractivity contribution is 0.217. The molecule has 21 heavy (non-hydrogen) atoms. The zero-order valence-corrected chi connectivity index (χ0v) is 12.7. The summed E-state index contributed by atoms with van der Waals surface area (Å²) in [6.45, 7) is 3.79. The van der Waals surface area contributed by atoms with E-state index in [4.69, 9.17) is 11.6 Å². The first kappa shape index (κ1) is 14.4. The second-order valence-corrected chi connectivity index (χ2v) is 5.82.